The van der Waals surface area contributed by atoms with Crippen LogP contribution in [0.1, 0.15) is 25.3 Å². The van der Waals surface area contributed by atoms with E-state index in [0.29, 0.717) is 12.5 Å². The lowest BCUT2D eigenvalue weighted by molar-refractivity contribution is 0.0906. The molecule has 1 aromatic carbocycles. The third-order valence-corrected chi connectivity index (χ3v) is 5.88. The maximum atomic E-state index is 5.98. The molecule has 2 aliphatic rings. The molecule has 2 fully saturated rings. The molecule has 1 unspecified atom stereocenters. The fourth-order valence-electron chi connectivity index (χ4n) is 4.13. The number of aliphatic imine (C=N–C) groups is 1. The van der Waals surface area contributed by atoms with E-state index in [1.54, 1.807) is 0 Å². The fraction of sp³-hybridized carbons (Fsp3) is 0.696. The number of benzene rings is 1. The van der Waals surface area contributed by atoms with Crippen LogP contribution >= 0.6 is 24.0 Å². The smallest absolute Gasteiger partial charge is 0.193 e. The zero-order valence-corrected chi connectivity index (χ0v) is 21.1. The minimum absolute atomic E-state index is 0. The number of nitrogens with one attached hydrogen (secondary N) is 1. The standard InChI is InChI=1S/C23H39N5O.HI/c1-3-24-23(25-11-15-27-13-7-12-26(2)16-17-27)28-14-10-22(18-28)20-29-19-21-8-5-4-6-9-21;/h4-6,8-9,22H,3,7,10-20H2,1-2H3,(H,24,25);1H. The van der Waals surface area contributed by atoms with Crippen molar-refractivity contribution in [1.29, 1.82) is 0 Å². The molecule has 2 aliphatic heterocycles. The molecule has 30 heavy (non-hydrogen) atoms. The van der Waals surface area contributed by atoms with Crippen LogP contribution in [0.2, 0.25) is 0 Å². The molecule has 0 aromatic heterocycles. The first kappa shape index (κ1) is 25.4. The first-order chi connectivity index (χ1) is 14.2. The van der Waals surface area contributed by atoms with Crippen LogP contribution in [0.5, 0.6) is 0 Å². The van der Waals surface area contributed by atoms with Crippen LogP contribution in [0.4, 0.5) is 0 Å². The topological polar surface area (TPSA) is 43.3 Å². The Morgan fingerprint density at radius 2 is 1.97 bits per heavy atom. The van der Waals surface area contributed by atoms with Crippen molar-refractivity contribution in [3.05, 3.63) is 35.9 Å². The molecule has 0 saturated carbocycles. The van der Waals surface area contributed by atoms with E-state index in [0.717, 1.165) is 51.8 Å². The van der Waals surface area contributed by atoms with Gasteiger partial charge < -0.3 is 24.8 Å². The van der Waals surface area contributed by atoms with Gasteiger partial charge in [0, 0.05) is 45.2 Å². The van der Waals surface area contributed by atoms with E-state index in [9.17, 15) is 0 Å². The summed E-state index contributed by atoms with van der Waals surface area (Å²) >= 11 is 0. The molecule has 3 rings (SSSR count). The predicted octanol–water partition coefficient (Wildman–Crippen LogP) is 2.75. The minimum Gasteiger partial charge on any atom is -0.376 e. The van der Waals surface area contributed by atoms with Crippen LogP contribution < -0.4 is 5.32 Å². The van der Waals surface area contributed by atoms with E-state index in [2.05, 4.69) is 58.3 Å². The quantitative estimate of drug-likeness (QED) is 0.319. The zero-order chi connectivity index (χ0) is 20.3. The SMILES string of the molecule is CCNC(=NCCN1CCCN(C)CC1)N1CCC(COCc2ccccc2)C1.I. The fourth-order valence-corrected chi connectivity index (χ4v) is 4.13. The summed E-state index contributed by atoms with van der Waals surface area (Å²) in [5, 5.41) is 3.49. The minimum atomic E-state index is 0. The van der Waals surface area contributed by atoms with Crippen molar-refractivity contribution < 1.29 is 4.74 Å². The Balaban J connectivity index is 0.00000320. The number of halogens is 1. The van der Waals surface area contributed by atoms with Gasteiger partial charge in [0.25, 0.3) is 0 Å². The zero-order valence-electron chi connectivity index (χ0n) is 18.8. The van der Waals surface area contributed by atoms with Gasteiger partial charge in [0.2, 0.25) is 0 Å². The van der Waals surface area contributed by atoms with Crippen molar-refractivity contribution in [1.82, 2.24) is 20.0 Å². The summed E-state index contributed by atoms with van der Waals surface area (Å²) < 4.78 is 5.98. The average Bonchev–Trinajstić information content (AvgIpc) is 3.10. The van der Waals surface area contributed by atoms with Crippen LogP contribution in [-0.4, -0.2) is 93.2 Å². The van der Waals surface area contributed by atoms with E-state index in [1.807, 2.05) is 6.07 Å². The Hall–Kier alpha value is -0.900. The highest BCUT2D eigenvalue weighted by molar-refractivity contribution is 14.0. The van der Waals surface area contributed by atoms with Gasteiger partial charge in [0.1, 0.15) is 0 Å². The molecule has 0 radical (unpaired) electrons. The van der Waals surface area contributed by atoms with Crippen LogP contribution in [0, 0.1) is 5.92 Å². The van der Waals surface area contributed by atoms with Gasteiger partial charge in [0.05, 0.1) is 19.8 Å². The Morgan fingerprint density at radius 1 is 1.13 bits per heavy atom. The number of hydrogen-bond donors (Lipinski definition) is 1. The molecule has 2 heterocycles. The molecule has 6 nitrogen and oxygen atoms in total. The van der Waals surface area contributed by atoms with Crippen molar-refractivity contribution in [2.45, 2.75) is 26.4 Å². The normalized spacial score (nSPS) is 21.3. The van der Waals surface area contributed by atoms with E-state index in [4.69, 9.17) is 9.73 Å². The van der Waals surface area contributed by atoms with Crippen molar-refractivity contribution >= 4 is 29.9 Å². The Kier molecular flexibility index (Phi) is 12.0. The summed E-state index contributed by atoms with van der Waals surface area (Å²) in [6, 6.07) is 10.4. The maximum absolute atomic E-state index is 5.98. The molecular weight excluding hydrogens is 489 g/mol. The molecule has 0 bridgehead atoms. The monoisotopic (exact) mass is 529 g/mol. The maximum Gasteiger partial charge on any atom is 0.193 e. The second-order valence-electron chi connectivity index (χ2n) is 8.34. The lowest BCUT2D eigenvalue weighted by Gasteiger charge is -2.23. The molecule has 7 heteroatoms. The summed E-state index contributed by atoms with van der Waals surface area (Å²) in [6.45, 7) is 13.4. The summed E-state index contributed by atoms with van der Waals surface area (Å²) in [4.78, 5) is 12.3. The number of ether oxygens (including phenoxy) is 1. The number of hydrogen-bond acceptors (Lipinski definition) is 4. The first-order valence-corrected chi connectivity index (χ1v) is 11.3. The number of likely N-dealkylation sites (tertiary alicyclic amines) is 1. The highest BCUT2D eigenvalue weighted by Gasteiger charge is 2.25. The van der Waals surface area contributed by atoms with E-state index >= 15 is 0 Å². The van der Waals surface area contributed by atoms with Gasteiger partial charge in [-0.1, -0.05) is 30.3 Å². The lowest BCUT2D eigenvalue weighted by Crippen LogP contribution is -2.41. The molecular formula is C23H40IN5O. The van der Waals surface area contributed by atoms with Gasteiger partial charge in [-0.05, 0) is 45.5 Å². The largest absolute Gasteiger partial charge is 0.376 e. The van der Waals surface area contributed by atoms with E-state index in [1.165, 1.54) is 38.0 Å². The molecule has 1 aromatic rings. The van der Waals surface area contributed by atoms with Crippen molar-refractivity contribution in [3.8, 4) is 0 Å². The first-order valence-electron chi connectivity index (χ1n) is 11.3. The summed E-state index contributed by atoms with van der Waals surface area (Å²) in [7, 11) is 2.22. The summed E-state index contributed by atoms with van der Waals surface area (Å²) in [5.74, 6) is 1.66. The van der Waals surface area contributed by atoms with Gasteiger partial charge in [-0.15, -0.1) is 24.0 Å². The van der Waals surface area contributed by atoms with E-state index < -0.39 is 0 Å². The van der Waals surface area contributed by atoms with Crippen LogP contribution in [-0.2, 0) is 11.3 Å². The van der Waals surface area contributed by atoms with Crippen molar-refractivity contribution in [2.75, 3.05) is 72.6 Å². The second-order valence-corrected chi connectivity index (χ2v) is 8.34. The van der Waals surface area contributed by atoms with E-state index in [-0.39, 0.29) is 24.0 Å². The molecule has 0 amide bonds. The molecule has 0 aliphatic carbocycles. The number of rotatable bonds is 8. The molecule has 170 valence electrons. The predicted molar refractivity (Wildman–Crippen MR) is 136 cm³/mol. The van der Waals surface area contributed by atoms with Gasteiger partial charge in [-0.25, -0.2) is 0 Å². The van der Waals surface area contributed by atoms with Gasteiger partial charge in [-0.3, -0.25) is 4.99 Å². The van der Waals surface area contributed by atoms with Crippen molar-refractivity contribution in [2.24, 2.45) is 10.9 Å². The number of likely N-dealkylation sites (N-methyl/N-ethyl adjacent to an activating group) is 1. The summed E-state index contributed by atoms with van der Waals surface area (Å²) in [6.07, 6.45) is 2.44. The highest BCUT2D eigenvalue weighted by atomic mass is 127. The Bertz CT molecular complexity index is 615. The van der Waals surface area contributed by atoms with Crippen LogP contribution in [0.25, 0.3) is 0 Å². The summed E-state index contributed by atoms with van der Waals surface area (Å²) in [5.41, 5.74) is 1.25. The third kappa shape index (κ3) is 8.69. The molecule has 1 N–H and O–H groups in total. The lowest BCUT2D eigenvalue weighted by atomic mass is 10.1. The Morgan fingerprint density at radius 3 is 2.77 bits per heavy atom. The third-order valence-electron chi connectivity index (χ3n) is 5.88. The van der Waals surface area contributed by atoms with Crippen LogP contribution in [0.15, 0.2) is 35.3 Å². The Labute approximate surface area is 200 Å². The molecule has 0 spiro atoms. The second kappa shape index (κ2) is 14.2. The number of guanidine groups is 1. The van der Waals surface area contributed by atoms with Crippen LogP contribution in [0.3, 0.4) is 0 Å². The average molecular weight is 530 g/mol. The molecule has 1 atom stereocenters. The van der Waals surface area contributed by atoms with Gasteiger partial charge >= 0.3 is 0 Å². The van der Waals surface area contributed by atoms with Gasteiger partial charge in [0.15, 0.2) is 5.96 Å². The van der Waals surface area contributed by atoms with Gasteiger partial charge in [-0.2, -0.15) is 0 Å². The van der Waals surface area contributed by atoms with Crippen molar-refractivity contribution in [3.63, 3.8) is 0 Å². The highest BCUT2D eigenvalue weighted by Crippen LogP contribution is 2.17. The number of nitrogens with zero attached hydrogens (tertiary/aromatic N) is 4. The molecule has 2 saturated heterocycles.